The van der Waals surface area contributed by atoms with E-state index in [2.05, 4.69) is 103 Å². The van der Waals surface area contributed by atoms with Crippen LogP contribution in [0, 0.1) is 5.92 Å². The number of rotatable bonds is 23. The second-order valence-electron chi connectivity index (χ2n) is 12.0. The Balaban J connectivity index is 4.75. The first-order valence-corrected chi connectivity index (χ1v) is 17.9. The third-order valence-corrected chi connectivity index (χ3v) is 9.74. The van der Waals surface area contributed by atoms with Gasteiger partial charge in [-0.05, 0) is 93.9 Å². The van der Waals surface area contributed by atoms with Gasteiger partial charge in [0.25, 0.3) is 0 Å². The fourth-order valence-corrected chi connectivity index (χ4v) is 5.81. The third-order valence-electron chi connectivity index (χ3n) is 7.22. The molecule has 0 heterocycles. The van der Waals surface area contributed by atoms with E-state index < -0.39 is 0 Å². The molecule has 0 radical (unpaired) electrons. The molecule has 47 heavy (non-hydrogen) atoms. The highest BCUT2D eigenvalue weighted by Gasteiger charge is 2.17. The number of thioether (sulfide) groups is 1. The molecule has 8 heteroatoms. The van der Waals surface area contributed by atoms with Gasteiger partial charge in [-0.3, -0.25) is 4.79 Å². The number of unbranched alkanes of at least 4 members (excludes halogenated alkanes) is 1. The minimum atomic E-state index is -0.170. The Bertz CT molecular complexity index is 1300. The number of allylic oxidation sites excluding steroid dienone is 11. The van der Waals surface area contributed by atoms with E-state index in [4.69, 9.17) is 11.5 Å². The van der Waals surface area contributed by atoms with Gasteiger partial charge in [0.1, 0.15) is 5.82 Å². The van der Waals surface area contributed by atoms with E-state index in [1.165, 1.54) is 5.57 Å². The van der Waals surface area contributed by atoms with E-state index in [1.807, 2.05) is 44.9 Å². The van der Waals surface area contributed by atoms with Crippen LogP contribution in [0.5, 0.6) is 0 Å². The fraction of sp³-hybridized carbons (Fsp3) is 0.410. The summed E-state index contributed by atoms with van der Waals surface area (Å²) < 4.78 is 2.17. The number of nitrogens with one attached hydrogen (secondary N) is 1. The molecule has 0 bridgehead atoms. The van der Waals surface area contributed by atoms with E-state index in [0.29, 0.717) is 11.6 Å². The second-order valence-corrected chi connectivity index (χ2v) is 14.3. The van der Waals surface area contributed by atoms with Crippen LogP contribution in [0.4, 0.5) is 0 Å². The van der Waals surface area contributed by atoms with Crippen molar-refractivity contribution >= 4 is 40.5 Å². The van der Waals surface area contributed by atoms with Crippen LogP contribution in [0.15, 0.2) is 131 Å². The molecular weight excluding hydrogens is 713 g/mol. The highest BCUT2D eigenvalue weighted by Crippen LogP contribution is 2.31. The van der Waals surface area contributed by atoms with E-state index in [-0.39, 0.29) is 24.2 Å². The van der Waals surface area contributed by atoms with Crippen molar-refractivity contribution in [1.29, 1.82) is 0 Å². The predicted octanol–water partition coefficient (Wildman–Crippen LogP) is 10.4. The van der Waals surface area contributed by atoms with Gasteiger partial charge in [0, 0.05) is 37.0 Å². The lowest BCUT2D eigenvalue weighted by atomic mass is 10.0. The molecule has 6 nitrogen and oxygen atoms in total. The number of hydrogen-bond acceptors (Lipinski definition) is 6. The smallest absolute Gasteiger partial charge is 0.229 e. The van der Waals surface area contributed by atoms with E-state index in [9.17, 15) is 4.79 Å². The molecule has 0 aliphatic heterocycles. The summed E-state index contributed by atoms with van der Waals surface area (Å²) in [5.41, 5.74) is 18.3. The molecule has 0 rings (SSSR count). The van der Waals surface area contributed by atoms with E-state index in [1.54, 1.807) is 30.0 Å². The van der Waals surface area contributed by atoms with Crippen LogP contribution in [0.25, 0.3) is 0 Å². The molecule has 0 aliphatic carbocycles. The molecule has 1 atom stereocenters. The molecule has 0 saturated carbocycles. The molecule has 0 aromatic rings. The highest BCUT2D eigenvalue weighted by atomic mass is 127. The predicted molar refractivity (Wildman–Crippen MR) is 218 cm³/mol. The van der Waals surface area contributed by atoms with Gasteiger partial charge in [0.2, 0.25) is 5.91 Å². The number of halogens is 1. The van der Waals surface area contributed by atoms with Gasteiger partial charge in [-0.15, -0.1) is 0 Å². The van der Waals surface area contributed by atoms with Crippen molar-refractivity contribution in [3.05, 3.63) is 131 Å². The van der Waals surface area contributed by atoms with Crippen molar-refractivity contribution in [2.45, 2.75) is 92.5 Å². The number of hydrogen-bond donors (Lipinski definition) is 3. The molecule has 0 fully saturated rings. The Labute approximate surface area is 305 Å². The number of carbonyl (C=O) groups is 1. The maximum absolute atomic E-state index is 12.6. The highest BCUT2D eigenvalue weighted by molar-refractivity contribution is 14.1. The Morgan fingerprint density at radius 2 is 1.62 bits per heavy atom. The molecule has 0 saturated heterocycles. The fourth-order valence-electron chi connectivity index (χ4n) is 4.44. The van der Waals surface area contributed by atoms with Crippen molar-refractivity contribution in [2.24, 2.45) is 17.4 Å². The summed E-state index contributed by atoms with van der Waals surface area (Å²) in [5.74, 6) is 0.637. The van der Waals surface area contributed by atoms with Gasteiger partial charge < -0.3 is 24.8 Å². The first-order valence-electron chi connectivity index (χ1n) is 16.1. The van der Waals surface area contributed by atoms with Gasteiger partial charge in [0.15, 0.2) is 0 Å². The van der Waals surface area contributed by atoms with Crippen LogP contribution in [0.1, 0.15) is 86.5 Å². The maximum atomic E-state index is 12.6. The quantitative estimate of drug-likeness (QED) is 0.0415. The molecular formula is C39H60IN5OS. The minimum Gasteiger partial charge on any atom is -0.402 e. The molecule has 5 N–H and O–H groups in total. The van der Waals surface area contributed by atoms with Gasteiger partial charge in [0.05, 0.1) is 33.9 Å². The Hall–Kier alpha value is -3.11. The first-order chi connectivity index (χ1) is 22.1. The topological polar surface area (TPSA) is 87.6 Å². The number of nitrogens with zero attached hydrogens (tertiary/aromatic N) is 2. The zero-order valence-corrected chi connectivity index (χ0v) is 33.0. The van der Waals surface area contributed by atoms with Crippen LogP contribution in [-0.4, -0.2) is 27.0 Å². The average Bonchev–Trinajstić information content (AvgIpc) is 3.00. The van der Waals surface area contributed by atoms with Gasteiger partial charge in [-0.1, -0.05) is 101 Å². The SMILES string of the molecule is C=C/C=C\C(=C/C)CC(=C)N(C)C(=C)SC(=C)CCCC/C(N)=C/C=C(\N)NC(=O)C/C(C)=C/C(=C\C)C(C)N(I)C(=C)CC(C)C. The number of carbonyl (C=O) groups excluding carboxylic acids is 1. The lowest BCUT2D eigenvalue weighted by molar-refractivity contribution is -0.119. The van der Waals surface area contributed by atoms with Crippen molar-refractivity contribution in [3.8, 4) is 0 Å². The normalized spacial score (nSPS) is 13.9. The van der Waals surface area contributed by atoms with Crippen LogP contribution < -0.4 is 16.8 Å². The van der Waals surface area contributed by atoms with Gasteiger partial charge in [-0.25, -0.2) is 0 Å². The summed E-state index contributed by atoms with van der Waals surface area (Å²) in [5, 5.41) is 3.65. The van der Waals surface area contributed by atoms with Crippen LogP contribution in [-0.2, 0) is 4.79 Å². The zero-order valence-electron chi connectivity index (χ0n) is 30.0. The molecule has 0 aromatic heterocycles. The van der Waals surface area contributed by atoms with Crippen LogP contribution in [0.2, 0.25) is 0 Å². The van der Waals surface area contributed by atoms with Crippen molar-refractivity contribution < 1.29 is 4.79 Å². The molecule has 0 aromatic carbocycles. The molecule has 0 spiro atoms. The lowest BCUT2D eigenvalue weighted by Crippen LogP contribution is -2.27. The molecule has 1 unspecified atom stereocenters. The average molecular weight is 774 g/mol. The van der Waals surface area contributed by atoms with Gasteiger partial charge in [-0.2, -0.15) is 0 Å². The Morgan fingerprint density at radius 3 is 2.19 bits per heavy atom. The van der Waals surface area contributed by atoms with Crippen molar-refractivity contribution in [2.75, 3.05) is 7.05 Å². The van der Waals surface area contributed by atoms with Crippen LogP contribution >= 0.6 is 34.6 Å². The largest absolute Gasteiger partial charge is 0.402 e. The third kappa shape index (κ3) is 19.3. The second kappa shape index (κ2) is 24.1. The molecule has 0 aliphatic rings. The number of nitrogens with two attached hydrogens (primary N) is 2. The monoisotopic (exact) mass is 773 g/mol. The Kier molecular flexibility index (Phi) is 22.5. The van der Waals surface area contributed by atoms with Gasteiger partial charge >= 0.3 is 0 Å². The standard InChI is InChI=1S/C39H60IN5OS/c1-13-16-20-35(14-2)27-30(7)44(12)34(11)47-32(9)19-17-18-21-37(41)22-23-38(42)43-39(46)26-29(6)25-36(15-3)33(10)45(40)31(8)24-28(4)5/h13-16,20,22-23,25,28,33H,1,7-9,11,17-19,21,24,26-27,41-42H2,2-6,10,12H3,(H,43,46)/b20-16-,29-25+,35-14+,36-15+,37-22-,38-23+. The first kappa shape index (κ1) is 43.9. The lowest BCUT2D eigenvalue weighted by Gasteiger charge is -2.28. The summed E-state index contributed by atoms with van der Waals surface area (Å²) in [7, 11) is 1.98. The summed E-state index contributed by atoms with van der Waals surface area (Å²) >= 11 is 3.90. The van der Waals surface area contributed by atoms with Crippen molar-refractivity contribution in [1.82, 2.24) is 13.3 Å². The Morgan fingerprint density at radius 1 is 0.979 bits per heavy atom. The summed E-state index contributed by atoms with van der Waals surface area (Å²) in [6.45, 7) is 33.1. The summed E-state index contributed by atoms with van der Waals surface area (Å²) in [4.78, 5) is 15.7. The number of amides is 1. The van der Waals surface area contributed by atoms with E-state index >= 15 is 0 Å². The van der Waals surface area contributed by atoms with E-state index in [0.717, 1.165) is 71.0 Å². The van der Waals surface area contributed by atoms with Crippen LogP contribution in [0.3, 0.4) is 0 Å². The molecule has 260 valence electrons. The minimum absolute atomic E-state index is 0.138. The molecule has 1 amide bonds. The van der Waals surface area contributed by atoms with Crippen molar-refractivity contribution in [3.63, 3.8) is 0 Å². The maximum Gasteiger partial charge on any atom is 0.229 e. The summed E-state index contributed by atoms with van der Waals surface area (Å²) in [6, 6.07) is 0.138. The summed E-state index contributed by atoms with van der Waals surface area (Å²) in [6.07, 6.45) is 20.7. The zero-order chi connectivity index (χ0) is 36.1.